The number of rotatable bonds is 41. The van der Waals surface area contributed by atoms with Crippen LogP contribution in [0.4, 0.5) is 0 Å². The summed E-state index contributed by atoms with van der Waals surface area (Å²) in [5.41, 5.74) is 0. The molecule has 0 aliphatic carbocycles. The Hall–Kier alpha value is -1.17. The summed E-state index contributed by atoms with van der Waals surface area (Å²) >= 11 is 0. The van der Waals surface area contributed by atoms with Gasteiger partial charge in [-0.3, -0.25) is 4.79 Å². The van der Waals surface area contributed by atoms with Gasteiger partial charge in [0.1, 0.15) is 6.10 Å². The Balaban J connectivity index is 3.59. The normalized spacial score (nSPS) is 13.7. The van der Waals surface area contributed by atoms with Crippen LogP contribution in [-0.4, -0.2) is 46.1 Å². The van der Waals surface area contributed by atoms with Gasteiger partial charge in [-0.15, -0.1) is 0 Å². The molecule has 5 nitrogen and oxygen atoms in total. The summed E-state index contributed by atoms with van der Waals surface area (Å²) < 4.78 is 0. The molecule has 51 heavy (non-hydrogen) atoms. The first kappa shape index (κ1) is 49.8. The predicted octanol–water partition coefficient (Wildman–Crippen LogP) is 13.0. The van der Waals surface area contributed by atoms with E-state index in [-0.39, 0.29) is 6.61 Å². The van der Waals surface area contributed by atoms with Crippen molar-refractivity contribution in [3.8, 4) is 0 Å². The van der Waals surface area contributed by atoms with E-state index in [4.69, 9.17) is 0 Å². The van der Waals surface area contributed by atoms with E-state index in [1.807, 2.05) is 0 Å². The second-order valence-electron chi connectivity index (χ2n) is 15.6. The third kappa shape index (κ3) is 37.0. The Morgan fingerprint density at radius 2 is 0.863 bits per heavy atom. The van der Waals surface area contributed by atoms with Gasteiger partial charge >= 0.3 is 0 Å². The second-order valence-corrected chi connectivity index (χ2v) is 15.6. The number of nitrogens with one attached hydrogen (secondary N) is 1. The maximum atomic E-state index is 12.5. The van der Waals surface area contributed by atoms with Gasteiger partial charge < -0.3 is 20.6 Å². The van der Waals surface area contributed by atoms with Crippen LogP contribution in [0, 0.1) is 0 Å². The van der Waals surface area contributed by atoms with Gasteiger partial charge in [-0.1, -0.05) is 224 Å². The number of hydrogen-bond acceptors (Lipinski definition) is 4. The Labute approximate surface area is 318 Å². The van der Waals surface area contributed by atoms with Gasteiger partial charge in [0.2, 0.25) is 5.91 Å². The SMILES string of the molecule is CC/C=C\C/C=C\CCCCCCCCCCCCCCCC(O)C(=O)NC(CO)C(O)CCCCCCCCCCCCCCCCCCC. The number of amides is 1. The fraction of sp³-hybridized carbons (Fsp3) is 0.891. The minimum Gasteiger partial charge on any atom is -0.394 e. The van der Waals surface area contributed by atoms with Crippen molar-refractivity contribution in [2.24, 2.45) is 0 Å². The van der Waals surface area contributed by atoms with Crippen molar-refractivity contribution in [1.29, 1.82) is 0 Å². The van der Waals surface area contributed by atoms with Gasteiger partial charge in [-0.05, 0) is 38.5 Å². The molecular weight excluding hydrogens is 631 g/mol. The molecule has 0 spiro atoms. The molecule has 0 aliphatic rings. The van der Waals surface area contributed by atoms with Crippen LogP contribution >= 0.6 is 0 Å². The Kier molecular flexibility index (Phi) is 40.6. The summed E-state index contributed by atoms with van der Waals surface area (Å²) in [5.74, 6) is -0.470. The molecule has 3 atom stereocenters. The minimum atomic E-state index is -1.07. The maximum Gasteiger partial charge on any atom is 0.249 e. The summed E-state index contributed by atoms with van der Waals surface area (Å²) in [5, 5.41) is 33.4. The summed E-state index contributed by atoms with van der Waals surface area (Å²) in [7, 11) is 0. The zero-order valence-corrected chi connectivity index (χ0v) is 34.2. The molecule has 0 fully saturated rings. The average molecular weight is 720 g/mol. The standard InChI is InChI=1S/C46H89NO4/c1-3-5-7-9-11-13-15-17-19-21-22-23-25-27-29-31-33-35-37-39-41-45(50)46(51)47-43(42-48)44(49)40-38-36-34-32-30-28-26-24-20-18-16-14-12-10-8-6-4-2/h5,7,11,13,43-45,48-50H,3-4,6,8-10,12,14-42H2,1-2H3,(H,47,51)/b7-5-,13-11-. The number of carbonyl (C=O) groups is 1. The van der Waals surface area contributed by atoms with Crippen molar-refractivity contribution in [2.45, 2.75) is 257 Å². The Morgan fingerprint density at radius 3 is 1.27 bits per heavy atom. The lowest BCUT2D eigenvalue weighted by Crippen LogP contribution is -2.49. The molecule has 0 bridgehead atoms. The van der Waals surface area contributed by atoms with Crippen LogP contribution in [0.2, 0.25) is 0 Å². The number of aliphatic hydroxyl groups is 3. The van der Waals surface area contributed by atoms with E-state index in [9.17, 15) is 20.1 Å². The molecule has 0 heterocycles. The van der Waals surface area contributed by atoms with Gasteiger partial charge in [-0.25, -0.2) is 0 Å². The van der Waals surface area contributed by atoms with E-state index in [1.54, 1.807) is 0 Å². The molecule has 5 heteroatoms. The van der Waals surface area contributed by atoms with Crippen LogP contribution in [0.1, 0.15) is 239 Å². The van der Waals surface area contributed by atoms with Crippen molar-refractivity contribution in [1.82, 2.24) is 5.32 Å². The van der Waals surface area contributed by atoms with Gasteiger partial charge in [0, 0.05) is 0 Å². The van der Waals surface area contributed by atoms with E-state index >= 15 is 0 Å². The topological polar surface area (TPSA) is 89.8 Å². The first-order valence-electron chi connectivity index (χ1n) is 22.6. The highest BCUT2D eigenvalue weighted by Gasteiger charge is 2.23. The average Bonchev–Trinajstić information content (AvgIpc) is 3.13. The molecule has 0 aliphatic heterocycles. The van der Waals surface area contributed by atoms with E-state index in [2.05, 4.69) is 43.5 Å². The number of carbonyl (C=O) groups excluding carboxylic acids is 1. The van der Waals surface area contributed by atoms with E-state index in [1.165, 1.54) is 167 Å². The van der Waals surface area contributed by atoms with Crippen LogP contribution in [0.15, 0.2) is 24.3 Å². The van der Waals surface area contributed by atoms with Crippen molar-refractivity contribution >= 4 is 5.91 Å². The van der Waals surface area contributed by atoms with Crippen LogP contribution in [0.3, 0.4) is 0 Å². The number of unbranched alkanes of at least 4 members (excludes halogenated alkanes) is 29. The maximum absolute atomic E-state index is 12.5. The number of hydrogen-bond donors (Lipinski definition) is 4. The van der Waals surface area contributed by atoms with Crippen LogP contribution in [0.5, 0.6) is 0 Å². The highest BCUT2D eigenvalue weighted by atomic mass is 16.3. The van der Waals surface area contributed by atoms with E-state index < -0.39 is 24.2 Å². The summed E-state index contributed by atoms with van der Waals surface area (Å²) in [6.07, 6.45) is 50.4. The van der Waals surface area contributed by atoms with Crippen molar-refractivity contribution in [2.75, 3.05) is 6.61 Å². The molecular formula is C46H89NO4. The summed E-state index contributed by atoms with van der Waals surface area (Å²) in [6, 6.07) is -0.710. The van der Waals surface area contributed by atoms with Crippen LogP contribution in [0.25, 0.3) is 0 Å². The van der Waals surface area contributed by atoms with Gasteiger partial charge in [-0.2, -0.15) is 0 Å². The fourth-order valence-corrected chi connectivity index (χ4v) is 7.05. The van der Waals surface area contributed by atoms with Gasteiger partial charge in [0.25, 0.3) is 0 Å². The van der Waals surface area contributed by atoms with Crippen molar-refractivity contribution in [3.05, 3.63) is 24.3 Å². The highest BCUT2D eigenvalue weighted by molar-refractivity contribution is 5.80. The molecule has 0 aromatic rings. The fourth-order valence-electron chi connectivity index (χ4n) is 7.05. The molecule has 0 saturated carbocycles. The minimum absolute atomic E-state index is 0.311. The molecule has 302 valence electrons. The number of allylic oxidation sites excluding steroid dienone is 4. The molecule has 0 aromatic carbocycles. The monoisotopic (exact) mass is 720 g/mol. The molecule has 1 amide bonds. The Morgan fingerprint density at radius 1 is 0.490 bits per heavy atom. The lowest BCUT2D eigenvalue weighted by atomic mass is 10.0. The number of aliphatic hydroxyl groups excluding tert-OH is 3. The summed E-state index contributed by atoms with van der Waals surface area (Å²) in [6.45, 7) is 4.14. The smallest absolute Gasteiger partial charge is 0.249 e. The Bertz CT molecular complexity index is 754. The molecule has 0 rings (SSSR count). The van der Waals surface area contributed by atoms with Crippen molar-refractivity contribution in [3.63, 3.8) is 0 Å². The van der Waals surface area contributed by atoms with Gasteiger partial charge in [0.15, 0.2) is 0 Å². The predicted molar refractivity (Wildman–Crippen MR) is 222 cm³/mol. The first-order chi connectivity index (χ1) is 25.1. The van der Waals surface area contributed by atoms with Crippen LogP contribution in [-0.2, 0) is 4.79 Å². The first-order valence-corrected chi connectivity index (χ1v) is 22.6. The van der Waals surface area contributed by atoms with E-state index in [0.717, 1.165) is 44.9 Å². The lowest BCUT2D eigenvalue weighted by Gasteiger charge is -2.23. The lowest BCUT2D eigenvalue weighted by molar-refractivity contribution is -0.131. The largest absolute Gasteiger partial charge is 0.394 e. The molecule has 3 unspecified atom stereocenters. The quantitative estimate of drug-likeness (QED) is 0.0374. The summed E-state index contributed by atoms with van der Waals surface area (Å²) in [4.78, 5) is 12.5. The third-order valence-electron chi connectivity index (χ3n) is 10.6. The molecule has 0 saturated heterocycles. The zero-order valence-electron chi connectivity index (χ0n) is 34.2. The zero-order chi connectivity index (χ0) is 37.3. The molecule has 4 N–H and O–H groups in total. The second kappa shape index (κ2) is 41.6. The molecule has 0 aromatic heterocycles. The third-order valence-corrected chi connectivity index (χ3v) is 10.6. The molecule has 0 radical (unpaired) electrons. The van der Waals surface area contributed by atoms with Crippen LogP contribution < -0.4 is 5.32 Å². The van der Waals surface area contributed by atoms with Crippen molar-refractivity contribution < 1.29 is 20.1 Å². The van der Waals surface area contributed by atoms with Gasteiger partial charge in [0.05, 0.1) is 18.8 Å². The van der Waals surface area contributed by atoms with E-state index in [0.29, 0.717) is 12.8 Å². The highest BCUT2D eigenvalue weighted by Crippen LogP contribution is 2.17.